The number of benzene rings is 2. The van der Waals surface area contributed by atoms with Crippen LogP contribution in [-0.4, -0.2) is 26.7 Å². The van der Waals surface area contributed by atoms with E-state index in [1.165, 1.54) is 11.1 Å². The highest BCUT2D eigenvalue weighted by atomic mass is 32.1. The molecule has 0 bridgehead atoms. The van der Waals surface area contributed by atoms with Gasteiger partial charge in [0.1, 0.15) is 0 Å². The summed E-state index contributed by atoms with van der Waals surface area (Å²) in [6.07, 6.45) is 1.83. The maximum Gasteiger partial charge on any atom is 0.258 e. The van der Waals surface area contributed by atoms with Crippen LogP contribution in [0, 0.1) is 13.8 Å². The van der Waals surface area contributed by atoms with E-state index in [1.54, 1.807) is 0 Å². The minimum absolute atomic E-state index is 0.179. The molecule has 0 spiro atoms. The van der Waals surface area contributed by atoms with E-state index >= 15 is 0 Å². The van der Waals surface area contributed by atoms with Gasteiger partial charge in [-0.05, 0) is 49.7 Å². The van der Waals surface area contributed by atoms with Gasteiger partial charge in [-0.3, -0.25) is 0 Å². The van der Waals surface area contributed by atoms with E-state index < -0.39 is 0 Å². The van der Waals surface area contributed by atoms with Gasteiger partial charge in [0, 0.05) is 17.8 Å². The van der Waals surface area contributed by atoms with Crippen LogP contribution in [0.2, 0.25) is 0 Å². The van der Waals surface area contributed by atoms with Crippen LogP contribution in [0.25, 0.3) is 17.0 Å². The molecular weight excluding hydrogens is 392 g/mol. The molecule has 2 heterocycles. The number of allylic oxidation sites excluding steroid dienone is 1. The lowest BCUT2D eigenvalue weighted by atomic mass is 9.92. The molecule has 1 atom stereocenters. The van der Waals surface area contributed by atoms with Gasteiger partial charge in [0.15, 0.2) is 5.11 Å². The standard InChI is InChI=1S/C24H24N4OS/c1-5-13-28-17(4)20(23-26-22(27-29-23)18-9-7-6-8-10-18)21(25-24(28)30)19-12-11-15(2)16(3)14-19/h5-12,14,21H,1,13H2,2-4H3,(H,25,30). The molecule has 0 radical (unpaired) electrons. The average Bonchev–Trinajstić information content (AvgIpc) is 3.23. The van der Waals surface area contributed by atoms with Gasteiger partial charge in [0.25, 0.3) is 5.89 Å². The lowest BCUT2D eigenvalue weighted by Gasteiger charge is -2.37. The van der Waals surface area contributed by atoms with Crippen molar-refractivity contribution < 1.29 is 4.52 Å². The molecule has 1 aliphatic rings. The maximum atomic E-state index is 5.74. The van der Waals surface area contributed by atoms with E-state index in [1.807, 2.05) is 48.2 Å². The van der Waals surface area contributed by atoms with Crippen LogP contribution in [0.1, 0.15) is 35.5 Å². The zero-order valence-electron chi connectivity index (χ0n) is 17.3. The molecule has 1 unspecified atom stereocenters. The Morgan fingerprint density at radius 3 is 2.60 bits per heavy atom. The number of nitrogens with one attached hydrogen (secondary N) is 1. The first kappa shape index (κ1) is 20.0. The van der Waals surface area contributed by atoms with Crippen molar-refractivity contribution in [1.29, 1.82) is 0 Å². The third kappa shape index (κ3) is 3.66. The van der Waals surface area contributed by atoms with Crippen LogP contribution in [0.4, 0.5) is 0 Å². The monoisotopic (exact) mass is 416 g/mol. The molecule has 0 aliphatic carbocycles. The first-order chi connectivity index (χ1) is 14.5. The quantitative estimate of drug-likeness (QED) is 0.456. The van der Waals surface area contributed by atoms with Gasteiger partial charge in [0.05, 0.1) is 11.6 Å². The Balaban J connectivity index is 1.84. The molecule has 152 valence electrons. The first-order valence-electron chi connectivity index (χ1n) is 9.86. The van der Waals surface area contributed by atoms with Crippen LogP contribution in [0.5, 0.6) is 0 Å². The van der Waals surface area contributed by atoms with E-state index in [-0.39, 0.29) is 6.04 Å². The van der Waals surface area contributed by atoms with Crippen LogP contribution in [0.3, 0.4) is 0 Å². The smallest absolute Gasteiger partial charge is 0.258 e. The van der Waals surface area contributed by atoms with Crippen molar-refractivity contribution in [3.63, 3.8) is 0 Å². The molecule has 1 aromatic heterocycles. The van der Waals surface area contributed by atoms with Gasteiger partial charge in [-0.2, -0.15) is 4.98 Å². The van der Waals surface area contributed by atoms with Crippen molar-refractivity contribution in [2.24, 2.45) is 0 Å². The van der Waals surface area contributed by atoms with E-state index in [4.69, 9.17) is 21.7 Å². The van der Waals surface area contributed by atoms with E-state index in [0.29, 0.717) is 23.4 Å². The molecule has 0 amide bonds. The summed E-state index contributed by atoms with van der Waals surface area (Å²) in [5, 5.41) is 8.35. The summed E-state index contributed by atoms with van der Waals surface area (Å²) in [5.41, 5.74) is 6.38. The zero-order chi connectivity index (χ0) is 21.3. The van der Waals surface area contributed by atoms with Gasteiger partial charge >= 0.3 is 0 Å². The molecule has 1 N–H and O–H groups in total. The van der Waals surface area contributed by atoms with Crippen molar-refractivity contribution in [3.05, 3.63) is 89.5 Å². The van der Waals surface area contributed by atoms with E-state index in [0.717, 1.165) is 22.4 Å². The topological polar surface area (TPSA) is 54.2 Å². The number of nitrogens with zero attached hydrogens (tertiary/aromatic N) is 3. The molecule has 1 aliphatic heterocycles. The number of hydrogen-bond acceptors (Lipinski definition) is 4. The summed E-state index contributed by atoms with van der Waals surface area (Å²) in [6, 6.07) is 16.1. The highest BCUT2D eigenvalue weighted by Crippen LogP contribution is 2.37. The predicted octanol–water partition coefficient (Wildman–Crippen LogP) is 5.20. The van der Waals surface area contributed by atoms with Crippen LogP contribution in [0.15, 0.2) is 71.4 Å². The molecule has 2 aromatic carbocycles. The normalized spacial score (nSPS) is 16.6. The molecule has 5 nitrogen and oxygen atoms in total. The fourth-order valence-corrected chi connectivity index (χ4v) is 3.97. The Morgan fingerprint density at radius 2 is 1.90 bits per heavy atom. The lowest BCUT2D eigenvalue weighted by Crippen LogP contribution is -2.45. The number of aromatic nitrogens is 2. The van der Waals surface area contributed by atoms with Crippen molar-refractivity contribution in [1.82, 2.24) is 20.4 Å². The molecule has 0 saturated carbocycles. The minimum Gasteiger partial charge on any atom is -0.351 e. The van der Waals surface area contributed by atoms with Crippen molar-refractivity contribution >= 4 is 22.9 Å². The second-order valence-electron chi connectivity index (χ2n) is 7.41. The second-order valence-corrected chi connectivity index (χ2v) is 7.80. The van der Waals surface area contributed by atoms with Crippen molar-refractivity contribution in [2.75, 3.05) is 6.54 Å². The van der Waals surface area contributed by atoms with Crippen LogP contribution >= 0.6 is 12.2 Å². The highest BCUT2D eigenvalue weighted by molar-refractivity contribution is 7.80. The Labute approximate surface area is 182 Å². The molecule has 0 saturated heterocycles. The fourth-order valence-electron chi connectivity index (χ4n) is 3.64. The molecule has 30 heavy (non-hydrogen) atoms. The summed E-state index contributed by atoms with van der Waals surface area (Å²) in [6.45, 7) is 10.7. The SMILES string of the molecule is C=CCN1C(=S)NC(c2ccc(C)c(C)c2)C(c2nc(-c3ccccc3)no2)=C1C. The van der Waals surface area contributed by atoms with Crippen molar-refractivity contribution in [2.45, 2.75) is 26.8 Å². The summed E-state index contributed by atoms with van der Waals surface area (Å²) in [7, 11) is 0. The number of thiocarbonyl (C=S) groups is 1. The third-order valence-electron chi connectivity index (χ3n) is 5.46. The Morgan fingerprint density at radius 1 is 1.13 bits per heavy atom. The fraction of sp³-hybridized carbons (Fsp3) is 0.208. The Bertz CT molecular complexity index is 1130. The zero-order valence-corrected chi connectivity index (χ0v) is 18.2. The number of rotatable bonds is 5. The number of hydrogen-bond donors (Lipinski definition) is 1. The molecule has 3 aromatic rings. The van der Waals surface area contributed by atoms with E-state index in [2.05, 4.69) is 49.1 Å². The van der Waals surface area contributed by atoms with Gasteiger partial charge in [-0.15, -0.1) is 6.58 Å². The third-order valence-corrected chi connectivity index (χ3v) is 5.80. The molecule has 0 fully saturated rings. The van der Waals surface area contributed by atoms with Crippen LogP contribution in [-0.2, 0) is 0 Å². The van der Waals surface area contributed by atoms with Gasteiger partial charge in [-0.1, -0.05) is 59.8 Å². The molecule has 6 heteroatoms. The lowest BCUT2D eigenvalue weighted by molar-refractivity contribution is 0.399. The predicted molar refractivity (Wildman–Crippen MR) is 124 cm³/mol. The van der Waals surface area contributed by atoms with Gasteiger partial charge in [-0.25, -0.2) is 0 Å². The largest absolute Gasteiger partial charge is 0.351 e. The first-order valence-corrected chi connectivity index (χ1v) is 10.3. The Kier molecular flexibility index (Phi) is 5.50. The second kappa shape index (κ2) is 8.24. The summed E-state index contributed by atoms with van der Waals surface area (Å²) < 4.78 is 5.74. The minimum atomic E-state index is -0.179. The summed E-state index contributed by atoms with van der Waals surface area (Å²) in [4.78, 5) is 6.72. The summed E-state index contributed by atoms with van der Waals surface area (Å²) in [5.74, 6) is 1.05. The molecular formula is C24H24N4OS. The molecule has 4 rings (SSSR count). The summed E-state index contributed by atoms with van der Waals surface area (Å²) >= 11 is 5.66. The van der Waals surface area contributed by atoms with Gasteiger partial charge < -0.3 is 14.7 Å². The van der Waals surface area contributed by atoms with E-state index in [9.17, 15) is 0 Å². The number of aryl methyl sites for hydroxylation is 2. The van der Waals surface area contributed by atoms with Gasteiger partial charge in [0.2, 0.25) is 5.82 Å². The highest BCUT2D eigenvalue weighted by Gasteiger charge is 2.33. The van der Waals surface area contributed by atoms with Crippen molar-refractivity contribution in [3.8, 4) is 11.4 Å². The Hall–Kier alpha value is -3.25. The maximum absolute atomic E-state index is 5.74. The van der Waals surface area contributed by atoms with Crippen LogP contribution < -0.4 is 5.32 Å². The average molecular weight is 417 g/mol.